The molecule has 1 heterocycles. The summed E-state index contributed by atoms with van der Waals surface area (Å²) >= 11 is 0. The van der Waals surface area contributed by atoms with Crippen molar-refractivity contribution in [1.82, 2.24) is 15.3 Å². The molecule has 7 heteroatoms. The zero-order valence-electron chi connectivity index (χ0n) is 15.7. The summed E-state index contributed by atoms with van der Waals surface area (Å²) in [5.41, 5.74) is 1.24. The Balaban J connectivity index is 1.76. The third kappa shape index (κ3) is 4.91. The summed E-state index contributed by atoms with van der Waals surface area (Å²) in [6.45, 7) is 4.07. The normalized spacial score (nSPS) is 13.1. The predicted molar refractivity (Wildman–Crippen MR) is 102 cm³/mol. The number of carbonyl (C=O) groups is 1. The highest BCUT2D eigenvalue weighted by molar-refractivity contribution is 5.79. The second-order valence-corrected chi connectivity index (χ2v) is 7.26. The highest BCUT2D eigenvalue weighted by Gasteiger charge is 2.30. The Morgan fingerprint density at radius 2 is 1.89 bits per heavy atom. The van der Waals surface area contributed by atoms with Gasteiger partial charge in [-0.05, 0) is 36.1 Å². The van der Waals surface area contributed by atoms with E-state index in [4.69, 9.17) is 0 Å². The highest BCUT2D eigenvalue weighted by Crippen LogP contribution is 2.29. The number of hydrogen-bond acceptors (Lipinski definition) is 2. The first-order chi connectivity index (χ1) is 13.2. The molecule has 28 heavy (non-hydrogen) atoms. The average molecular weight is 389 g/mol. The van der Waals surface area contributed by atoms with Gasteiger partial charge in [0.15, 0.2) is 0 Å². The van der Waals surface area contributed by atoms with Crippen molar-refractivity contribution >= 4 is 16.9 Å². The Kier molecular flexibility index (Phi) is 5.72. The number of aromatic amines is 1. The lowest BCUT2D eigenvalue weighted by atomic mass is 10.0. The van der Waals surface area contributed by atoms with Crippen LogP contribution in [0, 0.1) is 5.92 Å². The first kappa shape index (κ1) is 19.9. The molecule has 0 aliphatic rings. The van der Waals surface area contributed by atoms with E-state index in [1.165, 1.54) is 12.1 Å². The van der Waals surface area contributed by atoms with E-state index in [-0.39, 0.29) is 18.4 Å². The smallest absolute Gasteiger partial charge is 0.346 e. The summed E-state index contributed by atoms with van der Waals surface area (Å²) in [6.07, 6.45) is -3.90. The SMILES string of the molecule is CC(C)C[C@H](NC(=O)Cc1cccc(C(F)(F)F)c1)c1nc2ccccc2[nH]1. The van der Waals surface area contributed by atoms with E-state index < -0.39 is 11.7 Å². The standard InChI is InChI=1S/C21H22F3N3O/c1-13(2)10-18(20-26-16-8-3-4-9-17(16)27-20)25-19(28)12-14-6-5-7-15(11-14)21(22,23)24/h3-9,11,13,18H,10,12H2,1-2H3,(H,25,28)(H,26,27)/t18-/m0/s1. The third-order valence-corrected chi connectivity index (χ3v) is 4.40. The number of amides is 1. The van der Waals surface area contributed by atoms with Crippen molar-refractivity contribution < 1.29 is 18.0 Å². The van der Waals surface area contributed by atoms with Gasteiger partial charge in [-0.3, -0.25) is 4.79 Å². The van der Waals surface area contributed by atoms with Gasteiger partial charge in [-0.25, -0.2) is 4.98 Å². The largest absolute Gasteiger partial charge is 0.416 e. The van der Waals surface area contributed by atoms with E-state index in [0.29, 0.717) is 23.7 Å². The number of nitrogens with zero attached hydrogens (tertiary/aromatic N) is 1. The minimum atomic E-state index is -4.43. The molecule has 0 saturated carbocycles. The lowest BCUT2D eigenvalue weighted by molar-refractivity contribution is -0.137. The van der Waals surface area contributed by atoms with Crippen LogP contribution in [0.25, 0.3) is 11.0 Å². The van der Waals surface area contributed by atoms with Gasteiger partial charge < -0.3 is 10.3 Å². The van der Waals surface area contributed by atoms with Gasteiger partial charge in [-0.2, -0.15) is 13.2 Å². The molecule has 148 valence electrons. The fraction of sp³-hybridized carbons (Fsp3) is 0.333. The van der Waals surface area contributed by atoms with Crippen LogP contribution in [0.5, 0.6) is 0 Å². The number of para-hydroxylation sites is 2. The number of imidazole rings is 1. The summed E-state index contributed by atoms with van der Waals surface area (Å²) in [5.74, 6) is 0.602. The molecule has 0 radical (unpaired) electrons. The van der Waals surface area contributed by atoms with E-state index in [1.807, 2.05) is 38.1 Å². The fourth-order valence-electron chi connectivity index (χ4n) is 3.14. The molecule has 0 saturated heterocycles. The van der Waals surface area contributed by atoms with Crippen molar-refractivity contribution in [2.24, 2.45) is 5.92 Å². The minimum Gasteiger partial charge on any atom is -0.346 e. The molecule has 3 aromatic rings. The first-order valence-electron chi connectivity index (χ1n) is 9.12. The number of carbonyl (C=O) groups excluding carboxylic acids is 1. The van der Waals surface area contributed by atoms with Crippen molar-refractivity contribution in [3.05, 3.63) is 65.5 Å². The Morgan fingerprint density at radius 3 is 2.57 bits per heavy atom. The molecule has 3 rings (SSSR count). The Labute approximate surface area is 161 Å². The van der Waals surface area contributed by atoms with Crippen molar-refractivity contribution in [2.75, 3.05) is 0 Å². The molecular weight excluding hydrogens is 367 g/mol. The zero-order valence-corrected chi connectivity index (χ0v) is 15.7. The van der Waals surface area contributed by atoms with Gasteiger partial charge in [0, 0.05) is 0 Å². The molecule has 0 aliphatic carbocycles. The molecule has 2 aromatic carbocycles. The Morgan fingerprint density at radius 1 is 1.14 bits per heavy atom. The zero-order chi connectivity index (χ0) is 20.3. The van der Waals surface area contributed by atoms with Gasteiger partial charge in [0.1, 0.15) is 5.82 Å². The number of nitrogens with one attached hydrogen (secondary N) is 2. The summed E-state index contributed by atoms with van der Waals surface area (Å²) in [4.78, 5) is 20.3. The van der Waals surface area contributed by atoms with Crippen LogP contribution in [0.4, 0.5) is 13.2 Å². The van der Waals surface area contributed by atoms with Crippen LogP contribution in [0.15, 0.2) is 48.5 Å². The number of alkyl halides is 3. The fourth-order valence-corrected chi connectivity index (χ4v) is 3.14. The van der Waals surface area contributed by atoms with E-state index in [0.717, 1.165) is 23.2 Å². The molecule has 0 aliphatic heterocycles. The molecule has 0 spiro atoms. The molecule has 1 atom stereocenters. The lowest BCUT2D eigenvalue weighted by Crippen LogP contribution is -2.31. The monoisotopic (exact) mass is 389 g/mol. The van der Waals surface area contributed by atoms with Crippen molar-refractivity contribution in [2.45, 2.75) is 38.9 Å². The predicted octanol–water partition coefficient (Wildman–Crippen LogP) is 5.03. The van der Waals surface area contributed by atoms with Gasteiger partial charge in [-0.15, -0.1) is 0 Å². The summed E-state index contributed by atoms with van der Waals surface area (Å²) < 4.78 is 38.6. The van der Waals surface area contributed by atoms with Crippen LogP contribution in [-0.4, -0.2) is 15.9 Å². The van der Waals surface area contributed by atoms with Crippen molar-refractivity contribution in [3.63, 3.8) is 0 Å². The topological polar surface area (TPSA) is 57.8 Å². The van der Waals surface area contributed by atoms with Gasteiger partial charge in [0.2, 0.25) is 5.91 Å². The number of hydrogen-bond donors (Lipinski definition) is 2. The molecule has 0 bridgehead atoms. The molecular formula is C21H22F3N3O. The summed E-state index contributed by atoms with van der Waals surface area (Å²) in [7, 11) is 0. The number of aromatic nitrogens is 2. The number of halogens is 3. The number of fused-ring (bicyclic) bond motifs is 1. The Bertz CT molecular complexity index is 930. The van der Waals surface area contributed by atoms with Crippen LogP contribution in [-0.2, 0) is 17.4 Å². The van der Waals surface area contributed by atoms with Crippen molar-refractivity contribution in [3.8, 4) is 0 Å². The van der Waals surface area contributed by atoms with Crippen LogP contribution < -0.4 is 5.32 Å². The average Bonchev–Trinajstić information content (AvgIpc) is 3.04. The van der Waals surface area contributed by atoms with E-state index in [9.17, 15) is 18.0 Å². The van der Waals surface area contributed by atoms with Gasteiger partial charge in [0.05, 0.1) is 29.1 Å². The summed E-state index contributed by atoms with van der Waals surface area (Å²) in [5, 5.41) is 2.92. The van der Waals surface area contributed by atoms with Gasteiger partial charge >= 0.3 is 6.18 Å². The maximum atomic E-state index is 12.9. The second kappa shape index (κ2) is 8.04. The quantitative estimate of drug-likeness (QED) is 0.621. The summed E-state index contributed by atoms with van der Waals surface area (Å²) in [6, 6.07) is 12.1. The number of benzene rings is 2. The lowest BCUT2D eigenvalue weighted by Gasteiger charge is -2.19. The van der Waals surface area contributed by atoms with Gasteiger partial charge in [0.25, 0.3) is 0 Å². The maximum absolute atomic E-state index is 12.9. The second-order valence-electron chi connectivity index (χ2n) is 7.26. The number of H-pyrrole nitrogens is 1. The molecule has 0 fully saturated rings. The first-order valence-corrected chi connectivity index (χ1v) is 9.12. The minimum absolute atomic E-state index is 0.126. The van der Waals surface area contributed by atoms with Crippen LogP contribution in [0.3, 0.4) is 0 Å². The Hall–Kier alpha value is -2.83. The molecule has 0 unspecified atom stereocenters. The molecule has 1 amide bonds. The van der Waals surface area contributed by atoms with Crippen LogP contribution in [0.2, 0.25) is 0 Å². The molecule has 1 aromatic heterocycles. The van der Waals surface area contributed by atoms with Crippen LogP contribution in [0.1, 0.15) is 43.3 Å². The van der Waals surface area contributed by atoms with Gasteiger partial charge in [-0.1, -0.05) is 44.2 Å². The molecule has 2 N–H and O–H groups in total. The molecule has 4 nitrogen and oxygen atoms in total. The maximum Gasteiger partial charge on any atom is 0.416 e. The van der Waals surface area contributed by atoms with Crippen molar-refractivity contribution in [1.29, 1.82) is 0 Å². The van der Waals surface area contributed by atoms with E-state index in [2.05, 4.69) is 15.3 Å². The van der Waals surface area contributed by atoms with Crippen LogP contribution >= 0.6 is 0 Å². The van der Waals surface area contributed by atoms with E-state index in [1.54, 1.807) is 0 Å². The highest BCUT2D eigenvalue weighted by atomic mass is 19.4. The van der Waals surface area contributed by atoms with E-state index >= 15 is 0 Å². The number of rotatable bonds is 6. The third-order valence-electron chi connectivity index (χ3n) is 4.40.